The Morgan fingerprint density at radius 1 is 0.860 bits per heavy atom. The highest BCUT2D eigenvalue weighted by molar-refractivity contribution is 5.99. The van der Waals surface area contributed by atoms with Crippen LogP contribution in [0.15, 0.2) is 115 Å². The van der Waals surface area contributed by atoms with E-state index >= 15 is 0 Å². The Morgan fingerprint density at radius 3 is 1.84 bits per heavy atom. The summed E-state index contributed by atoms with van der Waals surface area (Å²) in [5.41, 5.74) is 2.86. The summed E-state index contributed by atoms with van der Waals surface area (Å²) in [5.74, 6) is -0.548. The van der Waals surface area contributed by atoms with E-state index in [0.717, 1.165) is 16.7 Å². The zero-order chi connectivity index (χ0) is 30.5. The molecule has 9 heteroatoms. The Hall–Kier alpha value is -4.86. The second-order valence-electron chi connectivity index (χ2n) is 10.8. The van der Waals surface area contributed by atoms with Gasteiger partial charge < -0.3 is 10.0 Å². The van der Waals surface area contributed by atoms with E-state index in [1.807, 2.05) is 103 Å². The summed E-state index contributed by atoms with van der Waals surface area (Å²) in [6.45, 7) is 2.51. The maximum Gasteiger partial charge on any atom is 0.327 e. The van der Waals surface area contributed by atoms with Gasteiger partial charge in [-0.05, 0) is 41.3 Å². The predicted octanol–water partition coefficient (Wildman–Crippen LogP) is 5.72. The van der Waals surface area contributed by atoms with Gasteiger partial charge >= 0.3 is 6.03 Å². The number of hydrogen-bond acceptors (Lipinski definition) is 6. The van der Waals surface area contributed by atoms with E-state index in [1.54, 1.807) is 11.9 Å². The van der Waals surface area contributed by atoms with Gasteiger partial charge in [0, 0.05) is 32.3 Å². The fourth-order valence-corrected chi connectivity index (χ4v) is 5.70. The molecule has 0 saturated carbocycles. The molecule has 3 amide bonds. The van der Waals surface area contributed by atoms with E-state index in [1.165, 1.54) is 29.2 Å². The summed E-state index contributed by atoms with van der Waals surface area (Å²) in [4.78, 5) is 44.0. The molecule has 1 N–H and O–H groups in total. The molecule has 0 aromatic heterocycles. The van der Waals surface area contributed by atoms with Crippen LogP contribution in [0.3, 0.4) is 0 Å². The fraction of sp³-hybridized carbons (Fsp3) is 0.235. The summed E-state index contributed by atoms with van der Waals surface area (Å²) >= 11 is 0. The smallest absolute Gasteiger partial charge is 0.327 e. The number of amides is 3. The highest BCUT2D eigenvalue weighted by atomic mass is 16.6. The van der Waals surface area contributed by atoms with Crippen LogP contribution in [0.5, 0.6) is 0 Å². The number of likely N-dealkylation sites (N-methyl/N-ethyl adjacent to an activating group) is 1. The average molecular weight is 579 g/mol. The van der Waals surface area contributed by atoms with E-state index in [9.17, 15) is 24.8 Å². The number of aliphatic hydroxyl groups excluding tert-OH is 1. The topological polar surface area (TPSA) is 107 Å². The SMILES string of the molecule is C[C@H]1[C@@H](c2ccccc2)N(C(=O)[C@@H]([C@@H](O)c2ccc([N+](=O)[O-])cc2)N(Cc2ccccc2)Cc2ccccc2)C(=O)N1C. The first-order chi connectivity index (χ1) is 20.8. The molecule has 5 rings (SSSR count). The van der Waals surface area contributed by atoms with Crippen LogP contribution in [0, 0.1) is 10.1 Å². The zero-order valence-corrected chi connectivity index (χ0v) is 24.1. The van der Waals surface area contributed by atoms with Crippen molar-refractivity contribution < 1.29 is 19.6 Å². The lowest BCUT2D eigenvalue weighted by atomic mass is 9.95. The lowest BCUT2D eigenvalue weighted by Crippen LogP contribution is -2.52. The number of nitrogens with zero attached hydrogens (tertiary/aromatic N) is 4. The number of carbonyl (C=O) groups excluding carboxylic acids is 2. The molecule has 43 heavy (non-hydrogen) atoms. The molecule has 0 unspecified atom stereocenters. The molecule has 1 fully saturated rings. The van der Waals surface area contributed by atoms with Crippen molar-refractivity contribution >= 4 is 17.6 Å². The van der Waals surface area contributed by atoms with Crippen LogP contribution in [-0.2, 0) is 17.9 Å². The number of nitro groups is 1. The van der Waals surface area contributed by atoms with Gasteiger partial charge in [0.05, 0.1) is 17.0 Å². The molecule has 9 nitrogen and oxygen atoms in total. The van der Waals surface area contributed by atoms with Crippen LogP contribution in [-0.4, -0.2) is 55.8 Å². The third-order valence-electron chi connectivity index (χ3n) is 8.08. The van der Waals surface area contributed by atoms with Crippen LogP contribution in [0.25, 0.3) is 0 Å². The minimum atomic E-state index is -1.40. The second kappa shape index (κ2) is 13.0. The molecule has 220 valence electrons. The quantitative estimate of drug-likeness (QED) is 0.190. The monoisotopic (exact) mass is 578 g/mol. The third-order valence-corrected chi connectivity index (χ3v) is 8.08. The Kier molecular flexibility index (Phi) is 8.94. The maximum absolute atomic E-state index is 14.8. The van der Waals surface area contributed by atoms with Gasteiger partial charge in [0.25, 0.3) is 11.6 Å². The average Bonchev–Trinajstić information content (AvgIpc) is 3.26. The standard InChI is InChI=1S/C34H34N4O5/c1-24-30(27-16-10-5-11-17-27)37(34(41)35(24)2)33(40)31(32(39)28-18-20-29(21-19-28)38(42)43)36(22-25-12-6-3-7-13-25)23-26-14-8-4-9-15-26/h3-21,24,30-32,39H,22-23H2,1-2H3/t24-,30-,31+,32-/m0/s1. The number of imide groups is 1. The molecule has 1 aliphatic rings. The summed E-state index contributed by atoms with van der Waals surface area (Å²) < 4.78 is 0. The number of rotatable bonds is 10. The summed E-state index contributed by atoms with van der Waals surface area (Å²) in [6.07, 6.45) is -1.40. The molecule has 1 saturated heterocycles. The molecule has 4 aromatic carbocycles. The van der Waals surface area contributed by atoms with Crippen molar-refractivity contribution in [1.82, 2.24) is 14.7 Å². The van der Waals surface area contributed by atoms with Crippen molar-refractivity contribution in [1.29, 1.82) is 0 Å². The fourth-order valence-electron chi connectivity index (χ4n) is 5.70. The van der Waals surface area contributed by atoms with Gasteiger partial charge in [0.1, 0.15) is 12.1 Å². The Balaban J connectivity index is 1.62. The molecule has 4 aromatic rings. The predicted molar refractivity (Wildman–Crippen MR) is 163 cm³/mol. The number of nitro benzene ring substituents is 1. The van der Waals surface area contributed by atoms with Crippen molar-refractivity contribution in [2.24, 2.45) is 0 Å². The van der Waals surface area contributed by atoms with Crippen molar-refractivity contribution in [3.05, 3.63) is 148 Å². The number of carbonyl (C=O) groups is 2. The molecule has 1 heterocycles. The first-order valence-corrected chi connectivity index (χ1v) is 14.2. The molecular formula is C34H34N4O5. The summed E-state index contributed by atoms with van der Waals surface area (Å²) in [5, 5.41) is 23.3. The Bertz CT molecular complexity index is 1510. The van der Waals surface area contributed by atoms with Gasteiger partial charge in [0.15, 0.2) is 0 Å². The van der Waals surface area contributed by atoms with E-state index in [2.05, 4.69) is 0 Å². The first-order valence-electron chi connectivity index (χ1n) is 14.2. The number of non-ortho nitro benzene ring substituents is 1. The third kappa shape index (κ3) is 6.33. The number of hydrogen-bond donors (Lipinski definition) is 1. The molecule has 4 atom stereocenters. The molecule has 1 aliphatic heterocycles. The van der Waals surface area contributed by atoms with Crippen molar-refractivity contribution in [2.45, 2.75) is 44.2 Å². The molecule has 0 bridgehead atoms. The van der Waals surface area contributed by atoms with Gasteiger partial charge in [0.2, 0.25) is 0 Å². The van der Waals surface area contributed by atoms with E-state index in [4.69, 9.17) is 0 Å². The van der Waals surface area contributed by atoms with Crippen LogP contribution in [0.4, 0.5) is 10.5 Å². The van der Waals surface area contributed by atoms with Gasteiger partial charge in [-0.15, -0.1) is 0 Å². The van der Waals surface area contributed by atoms with Gasteiger partial charge in [-0.3, -0.25) is 24.7 Å². The van der Waals surface area contributed by atoms with Gasteiger partial charge in [-0.1, -0.05) is 91.0 Å². The lowest BCUT2D eigenvalue weighted by Gasteiger charge is -2.37. The van der Waals surface area contributed by atoms with Crippen LogP contribution in [0.1, 0.15) is 41.3 Å². The highest BCUT2D eigenvalue weighted by Crippen LogP contribution is 2.37. The zero-order valence-electron chi connectivity index (χ0n) is 24.1. The molecule has 0 aliphatic carbocycles. The van der Waals surface area contributed by atoms with Crippen molar-refractivity contribution in [3.8, 4) is 0 Å². The van der Waals surface area contributed by atoms with E-state index in [-0.39, 0.29) is 11.7 Å². The number of urea groups is 1. The van der Waals surface area contributed by atoms with Crippen LogP contribution >= 0.6 is 0 Å². The molecule has 0 spiro atoms. The van der Waals surface area contributed by atoms with Gasteiger partial charge in [-0.25, -0.2) is 4.79 Å². The molecule has 0 radical (unpaired) electrons. The van der Waals surface area contributed by atoms with Crippen LogP contribution < -0.4 is 0 Å². The Labute approximate surface area is 250 Å². The van der Waals surface area contributed by atoms with Crippen molar-refractivity contribution in [3.63, 3.8) is 0 Å². The normalized spacial score (nSPS) is 18.1. The highest BCUT2D eigenvalue weighted by Gasteiger charge is 2.49. The van der Waals surface area contributed by atoms with Crippen molar-refractivity contribution in [2.75, 3.05) is 7.05 Å². The van der Waals surface area contributed by atoms with E-state index in [0.29, 0.717) is 18.7 Å². The summed E-state index contributed by atoms with van der Waals surface area (Å²) in [6, 6.07) is 31.6. The summed E-state index contributed by atoms with van der Waals surface area (Å²) in [7, 11) is 1.67. The largest absolute Gasteiger partial charge is 0.386 e. The lowest BCUT2D eigenvalue weighted by molar-refractivity contribution is -0.384. The second-order valence-corrected chi connectivity index (χ2v) is 10.8. The first kappa shape index (κ1) is 29.6. The minimum absolute atomic E-state index is 0.126. The number of aliphatic hydroxyl groups is 1. The molecular weight excluding hydrogens is 544 g/mol. The Morgan fingerprint density at radius 2 is 1.35 bits per heavy atom. The minimum Gasteiger partial charge on any atom is -0.386 e. The maximum atomic E-state index is 14.8. The van der Waals surface area contributed by atoms with Gasteiger partial charge in [-0.2, -0.15) is 0 Å². The number of benzene rings is 4. The van der Waals surface area contributed by atoms with E-state index < -0.39 is 35.0 Å². The van der Waals surface area contributed by atoms with Crippen LogP contribution in [0.2, 0.25) is 0 Å².